The molecule has 28 heavy (non-hydrogen) atoms. The highest BCUT2D eigenvalue weighted by molar-refractivity contribution is 5.25. The molecular weight excluding hydrogens is 340 g/mol. The van der Waals surface area contributed by atoms with Crippen molar-refractivity contribution in [2.24, 2.45) is 17.8 Å². The average molecular weight is 381 g/mol. The van der Waals surface area contributed by atoms with Gasteiger partial charge in [-0.3, -0.25) is 0 Å². The second-order valence-electron chi connectivity index (χ2n) is 9.16. The highest BCUT2D eigenvalue weighted by atomic mass is 16.5. The SMILES string of the molecule is C=CCCC[C@H]1CC[C@H]([C@H]2CC[C@H](c3ccc(COCC=C)cc3)CC2)CC1. The Kier molecular flexibility index (Phi) is 8.86. The van der Waals surface area contributed by atoms with Gasteiger partial charge in [0.15, 0.2) is 0 Å². The van der Waals surface area contributed by atoms with Crippen LogP contribution in [-0.2, 0) is 11.3 Å². The zero-order valence-corrected chi connectivity index (χ0v) is 17.8. The third-order valence-electron chi connectivity index (χ3n) is 7.31. The van der Waals surface area contributed by atoms with Gasteiger partial charge in [0.1, 0.15) is 0 Å². The van der Waals surface area contributed by atoms with Gasteiger partial charge in [-0.05, 0) is 86.2 Å². The molecule has 2 saturated carbocycles. The molecule has 1 aromatic rings. The molecule has 1 heteroatoms. The average Bonchev–Trinajstić information content (AvgIpc) is 2.75. The van der Waals surface area contributed by atoms with Gasteiger partial charge in [0.2, 0.25) is 0 Å². The Hall–Kier alpha value is -1.34. The summed E-state index contributed by atoms with van der Waals surface area (Å²) in [5.41, 5.74) is 2.81. The van der Waals surface area contributed by atoms with Crippen molar-refractivity contribution in [2.45, 2.75) is 83.2 Å². The molecule has 0 saturated heterocycles. The van der Waals surface area contributed by atoms with Crippen LogP contribution in [0.15, 0.2) is 49.6 Å². The topological polar surface area (TPSA) is 9.23 Å². The highest BCUT2D eigenvalue weighted by Gasteiger charge is 2.31. The maximum absolute atomic E-state index is 5.55. The molecule has 0 heterocycles. The number of ether oxygens (including phenoxy) is 1. The van der Waals surface area contributed by atoms with Gasteiger partial charge in [-0.25, -0.2) is 0 Å². The molecule has 0 unspecified atom stereocenters. The lowest BCUT2D eigenvalue weighted by molar-refractivity contribution is 0.149. The monoisotopic (exact) mass is 380 g/mol. The molecule has 2 aliphatic carbocycles. The van der Waals surface area contributed by atoms with E-state index in [0.29, 0.717) is 13.2 Å². The van der Waals surface area contributed by atoms with Crippen LogP contribution in [0.3, 0.4) is 0 Å². The van der Waals surface area contributed by atoms with Gasteiger partial charge in [-0.2, -0.15) is 0 Å². The van der Waals surface area contributed by atoms with Crippen molar-refractivity contribution in [3.63, 3.8) is 0 Å². The molecule has 0 radical (unpaired) electrons. The Labute approximate surface area is 173 Å². The molecule has 1 aromatic carbocycles. The third kappa shape index (κ3) is 6.34. The smallest absolute Gasteiger partial charge is 0.0721 e. The van der Waals surface area contributed by atoms with Crippen LogP contribution in [0, 0.1) is 17.8 Å². The quantitative estimate of drug-likeness (QED) is 0.297. The van der Waals surface area contributed by atoms with Crippen LogP contribution in [0.5, 0.6) is 0 Å². The lowest BCUT2D eigenvalue weighted by Gasteiger charge is -2.38. The van der Waals surface area contributed by atoms with E-state index in [1.807, 2.05) is 6.08 Å². The lowest BCUT2D eigenvalue weighted by Crippen LogP contribution is -2.25. The van der Waals surface area contributed by atoms with Crippen LogP contribution in [0.25, 0.3) is 0 Å². The number of rotatable bonds is 10. The number of unbranched alkanes of at least 4 members (excludes halogenated alkanes) is 1. The normalized spacial score (nSPS) is 28.0. The molecule has 0 bridgehead atoms. The maximum atomic E-state index is 5.55. The summed E-state index contributed by atoms with van der Waals surface area (Å²) >= 11 is 0. The van der Waals surface area contributed by atoms with E-state index in [1.165, 1.54) is 81.8 Å². The van der Waals surface area contributed by atoms with Crippen LogP contribution in [0.2, 0.25) is 0 Å². The molecule has 2 aliphatic rings. The van der Waals surface area contributed by atoms with Crippen molar-refractivity contribution in [3.05, 3.63) is 60.7 Å². The first-order chi connectivity index (χ1) is 13.8. The van der Waals surface area contributed by atoms with Gasteiger partial charge in [-0.1, -0.05) is 55.7 Å². The van der Waals surface area contributed by atoms with Crippen molar-refractivity contribution in [1.82, 2.24) is 0 Å². The lowest BCUT2D eigenvalue weighted by atomic mass is 9.68. The summed E-state index contributed by atoms with van der Waals surface area (Å²) in [7, 11) is 0. The summed E-state index contributed by atoms with van der Waals surface area (Å²) in [6.45, 7) is 8.87. The molecule has 1 nitrogen and oxygen atoms in total. The first-order valence-corrected chi connectivity index (χ1v) is 11.7. The van der Waals surface area contributed by atoms with E-state index >= 15 is 0 Å². The molecule has 0 aliphatic heterocycles. The Morgan fingerprint density at radius 2 is 1.46 bits per heavy atom. The van der Waals surface area contributed by atoms with Gasteiger partial charge in [0, 0.05) is 0 Å². The Bertz CT molecular complexity index is 571. The van der Waals surface area contributed by atoms with E-state index in [9.17, 15) is 0 Å². The van der Waals surface area contributed by atoms with E-state index in [1.54, 1.807) is 0 Å². The van der Waals surface area contributed by atoms with Crippen LogP contribution < -0.4 is 0 Å². The Balaban J connectivity index is 1.39. The van der Waals surface area contributed by atoms with E-state index in [2.05, 4.69) is 43.5 Å². The fourth-order valence-electron chi connectivity index (χ4n) is 5.57. The van der Waals surface area contributed by atoms with Gasteiger partial charge < -0.3 is 4.74 Å². The van der Waals surface area contributed by atoms with Gasteiger partial charge in [-0.15, -0.1) is 13.2 Å². The zero-order chi connectivity index (χ0) is 19.6. The predicted molar refractivity (Wildman–Crippen MR) is 120 cm³/mol. The van der Waals surface area contributed by atoms with Gasteiger partial charge in [0.25, 0.3) is 0 Å². The molecule has 0 N–H and O–H groups in total. The summed E-state index contributed by atoms with van der Waals surface area (Å²) in [5.74, 6) is 3.79. The fourth-order valence-corrected chi connectivity index (χ4v) is 5.57. The van der Waals surface area contributed by atoms with E-state index in [-0.39, 0.29) is 0 Å². The number of benzene rings is 1. The van der Waals surface area contributed by atoms with E-state index in [0.717, 1.165) is 23.7 Å². The predicted octanol–water partition coefficient (Wildman–Crippen LogP) is 7.83. The highest BCUT2D eigenvalue weighted by Crippen LogP contribution is 2.44. The van der Waals surface area contributed by atoms with Crippen molar-refractivity contribution >= 4 is 0 Å². The number of allylic oxidation sites excluding steroid dienone is 1. The first-order valence-electron chi connectivity index (χ1n) is 11.7. The summed E-state index contributed by atoms with van der Waals surface area (Å²) in [4.78, 5) is 0. The molecule has 0 aromatic heterocycles. The zero-order valence-electron chi connectivity index (χ0n) is 17.8. The molecule has 0 atom stereocenters. The van der Waals surface area contributed by atoms with Crippen LogP contribution in [0.4, 0.5) is 0 Å². The largest absolute Gasteiger partial charge is 0.373 e. The second kappa shape index (κ2) is 11.6. The summed E-state index contributed by atoms with van der Waals surface area (Å²) in [6.07, 6.45) is 19.5. The maximum Gasteiger partial charge on any atom is 0.0721 e. The standard InChI is InChI=1S/C27H40O/c1-3-5-6-7-22-8-12-24(13-9-22)26-16-18-27(19-17-26)25-14-10-23(11-15-25)21-28-20-4-2/h3-4,10-11,14-15,22,24,26-27H,1-2,5-9,12-13,16-21H2/t22-,24-,26-,27-. The Morgan fingerprint density at radius 3 is 2.07 bits per heavy atom. The second-order valence-corrected chi connectivity index (χ2v) is 9.16. The molecular formula is C27H40O. The molecule has 3 rings (SSSR count). The van der Waals surface area contributed by atoms with Crippen LogP contribution in [0.1, 0.15) is 87.7 Å². The Morgan fingerprint density at radius 1 is 0.821 bits per heavy atom. The van der Waals surface area contributed by atoms with Crippen LogP contribution in [-0.4, -0.2) is 6.61 Å². The van der Waals surface area contributed by atoms with E-state index in [4.69, 9.17) is 4.74 Å². The molecule has 0 spiro atoms. The van der Waals surface area contributed by atoms with Crippen molar-refractivity contribution in [2.75, 3.05) is 6.61 Å². The van der Waals surface area contributed by atoms with Crippen molar-refractivity contribution < 1.29 is 4.74 Å². The van der Waals surface area contributed by atoms with Crippen molar-refractivity contribution in [1.29, 1.82) is 0 Å². The van der Waals surface area contributed by atoms with Gasteiger partial charge >= 0.3 is 0 Å². The minimum atomic E-state index is 0.627. The number of hydrogen-bond acceptors (Lipinski definition) is 1. The first kappa shape index (κ1) is 21.4. The minimum absolute atomic E-state index is 0.627. The minimum Gasteiger partial charge on any atom is -0.373 e. The third-order valence-corrected chi connectivity index (χ3v) is 7.31. The fraction of sp³-hybridized carbons (Fsp3) is 0.630. The van der Waals surface area contributed by atoms with E-state index < -0.39 is 0 Å². The molecule has 0 amide bonds. The van der Waals surface area contributed by atoms with Crippen LogP contribution >= 0.6 is 0 Å². The number of hydrogen-bond donors (Lipinski definition) is 0. The molecule has 154 valence electrons. The summed E-state index contributed by atoms with van der Waals surface area (Å²) in [6, 6.07) is 9.18. The summed E-state index contributed by atoms with van der Waals surface area (Å²) < 4.78 is 5.55. The summed E-state index contributed by atoms with van der Waals surface area (Å²) in [5, 5.41) is 0. The van der Waals surface area contributed by atoms with Crippen molar-refractivity contribution in [3.8, 4) is 0 Å². The molecule has 2 fully saturated rings. The van der Waals surface area contributed by atoms with Gasteiger partial charge in [0.05, 0.1) is 13.2 Å².